The lowest BCUT2D eigenvalue weighted by atomic mass is 10.5. The summed E-state index contributed by atoms with van der Waals surface area (Å²) in [6, 6.07) is 0. The Bertz CT molecular complexity index is 159. The highest BCUT2D eigenvalue weighted by Crippen LogP contribution is 2.08. The highest BCUT2D eigenvalue weighted by molar-refractivity contribution is 6.55. The molecule has 0 aliphatic carbocycles. The van der Waals surface area contributed by atoms with Gasteiger partial charge in [0.2, 0.25) is 0 Å². The van der Waals surface area contributed by atoms with E-state index < -0.39 is 8.96 Å². The summed E-state index contributed by atoms with van der Waals surface area (Å²) in [6.45, 7) is 11.6. The average Bonchev–Trinajstić information content (AvgIpc) is 2.29. The van der Waals surface area contributed by atoms with Crippen LogP contribution < -0.4 is 0 Å². The molecule has 0 radical (unpaired) electrons. The Hall–Kier alpha value is 0.0569. The van der Waals surface area contributed by atoms with Gasteiger partial charge in [0, 0.05) is 26.3 Å². The van der Waals surface area contributed by atoms with Gasteiger partial charge in [-0.2, -0.15) is 0 Å². The van der Waals surface area contributed by atoms with Crippen LogP contribution in [-0.2, 0) is 14.2 Å². The molecule has 0 amide bonds. The fourth-order valence-electron chi connectivity index (χ4n) is 1.81. The van der Waals surface area contributed by atoms with Crippen LogP contribution in [0.1, 0.15) is 13.8 Å². The van der Waals surface area contributed by atoms with Crippen molar-refractivity contribution in [1.29, 1.82) is 0 Å². The van der Waals surface area contributed by atoms with Crippen LogP contribution in [0.4, 0.5) is 0 Å². The summed E-state index contributed by atoms with van der Waals surface area (Å²) in [5, 5.41) is 0. The Morgan fingerprint density at radius 2 is 1.73 bits per heavy atom. The number of morpholine rings is 1. The monoisotopic (exact) mass is 233 g/mol. The molecular formula is C10H23NO3Si. The number of nitrogens with zero attached hydrogens (tertiary/aromatic N) is 1. The van der Waals surface area contributed by atoms with Crippen molar-refractivity contribution in [2.45, 2.75) is 26.3 Å². The largest absolute Gasteiger partial charge is 0.379 e. The first-order valence-electron chi connectivity index (χ1n) is 5.84. The van der Waals surface area contributed by atoms with Crippen LogP contribution in [0.15, 0.2) is 0 Å². The molecule has 0 aromatic carbocycles. The molecule has 1 saturated heterocycles. The Kier molecular flexibility index (Phi) is 6.43. The van der Waals surface area contributed by atoms with E-state index in [0.29, 0.717) is 0 Å². The van der Waals surface area contributed by atoms with Gasteiger partial charge in [0.05, 0.1) is 13.2 Å². The summed E-state index contributed by atoms with van der Waals surface area (Å²) in [7, 11) is -1.12. The van der Waals surface area contributed by atoms with Crippen LogP contribution in [0.3, 0.4) is 0 Å². The van der Waals surface area contributed by atoms with Gasteiger partial charge in [-0.15, -0.1) is 0 Å². The normalized spacial score (nSPS) is 20.8. The quantitative estimate of drug-likeness (QED) is 0.497. The minimum atomic E-state index is -1.12. The number of hydrogen-bond acceptors (Lipinski definition) is 4. The lowest BCUT2D eigenvalue weighted by Crippen LogP contribution is -2.52. The van der Waals surface area contributed by atoms with Gasteiger partial charge >= 0.3 is 0 Å². The van der Waals surface area contributed by atoms with E-state index >= 15 is 0 Å². The van der Waals surface area contributed by atoms with E-state index in [2.05, 4.69) is 11.1 Å². The molecule has 0 aromatic heterocycles. The van der Waals surface area contributed by atoms with E-state index in [1.807, 2.05) is 13.8 Å². The predicted molar refractivity (Wildman–Crippen MR) is 62.4 cm³/mol. The van der Waals surface area contributed by atoms with Crippen molar-refractivity contribution < 1.29 is 14.2 Å². The molecule has 0 bridgehead atoms. The molecule has 0 saturated carbocycles. The summed E-state index contributed by atoms with van der Waals surface area (Å²) in [6.07, 6.45) is 0. The third-order valence-corrected chi connectivity index (χ3v) is 5.52. The van der Waals surface area contributed by atoms with Crippen molar-refractivity contribution >= 4 is 8.96 Å². The molecule has 1 atom stereocenters. The van der Waals surface area contributed by atoms with Gasteiger partial charge in [0.25, 0.3) is 0 Å². The van der Waals surface area contributed by atoms with E-state index in [1.165, 1.54) is 0 Å². The molecular weight excluding hydrogens is 210 g/mol. The molecule has 1 unspecified atom stereocenters. The van der Waals surface area contributed by atoms with Crippen molar-refractivity contribution in [2.24, 2.45) is 0 Å². The number of ether oxygens (including phenoxy) is 3. The minimum absolute atomic E-state index is 0.0260. The first kappa shape index (κ1) is 13.1. The maximum atomic E-state index is 5.65. The highest BCUT2D eigenvalue weighted by Gasteiger charge is 2.27. The van der Waals surface area contributed by atoms with E-state index in [-0.39, 0.29) is 5.91 Å². The molecule has 1 aliphatic rings. The fourth-order valence-corrected chi connectivity index (χ4v) is 4.12. The standard InChI is InChI=1S/C10H23NO3Si/c1-4-13-10(14-5-2)15(3)11-6-8-12-9-7-11/h10,15H,4-9H2,1-3H3. The van der Waals surface area contributed by atoms with Gasteiger partial charge in [-0.05, 0) is 13.8 Å². The maximum absolute atomic E-state index is 5.65. The predicted octanol–water partition coefficient (Wildman–Crippen LogP) is 0.610. The second-order valence-corrected chi connectivity index (χ2v) is 6.42. The van der Waals surface area contributed by atoms with Crippen LogP contribution in [-0.4, -0.2) is 59.0 Å². The van der Waals surface area contributed by atoms with E-state index in [9.17, 15) is 0 Å². The second kappa shape index (κ2) is 7.35. The Morgan fingerprint density at radius 3 is 2.20 bits per heavy atom. The average molecular weight is 233 g/mol. The van der Waals surface area contributed by atoms with Crippen LogP contribution in [0, 0.1) is 0 Å². The smallest absolute Gasteiger partial charge is 0.174 e. The summed E-state index contributed by atoms with van der Waals surface area (Å²) < 4.78 is 19.2. The number of rotatable bonds is 6. The Balaban J connectivity index is 2.41. The van der Waals surface area contributed by atoms with Crippen LogP contribution >= 0.6 is 0 Å². The van der Waals surface area contributed by atoms with Gasteiger partial charge < -0.3 is 18.8 Å². The number of hydrogen-bond donors (Lipinski definition) is 0. The van der Waals surface area contributed by atoms with Crippen molar-refractivity contribution in [3.8, 4) is 0 Å². The van der Waals surface area contributed by atoms with Crippen LogP contribution in [0.5, 0.6) is 0 Å². The summed E-state index contributed by atoms with van der Waals surface area (Å²) in [4.78, 5) is 0. The third kappa shape index (κ3) is 4.20. The van der Waals surface area contributed by atoms with Gasteiger partial charge in [-0.25, -0.2) is 0 Å². The van der Waals surface area contributed by atoms with Crippen molar-refractivity contribution in [3.05, 3.63) is 0 Å². The van der Waals surface area contributed by atoms with Crippen molar-refractivity contribution in [1.82, 2.24) is 4.57 Å². The van der Waals surface area contributed by atoms with Crippen molar-refractivity contribution in [2.75, 3.05) is 39.5 Å². The molecule has 4 nitrogen and oxygen atoms in total. The first-order chi connectivity index (χ1) is 7.29. The van der Waals surface area contributed by atoms with Crippen LogP contribution in [0.2, 0.25) is 6.55 Å². The lowest BCUT2D eigenvalue weighted by Gasteiger charge is -2.35. The summed E-state index contributed by atoms with van der Waals surface area (Å²) >= 11 is 0. The van der Waals surface area contributed by atoms with Gasteiger partial charge in [-0.3, -0.25) is 0 Å². The molecule has 1 heterocycles. The lowest BCUT2D eigenvalue weighted by molar-refractivity contribution is -0.0911. The first-order valence-corrected chi connectivity index (χ1v) is 8.18. The second-order valence-electron chi connectivity index (χ2n) is 3.67. The van der Waals surface area contributed by atoms with Crippen LogP contribution in [0.25, 0.3) is 0 Å². The zero-order valence-electron chi connectivity index (χ0n) is 10.1. The maximum Gasteiger partial charge on any atom is 0.174 e. The highest BCUT2D eigenvalue weighted by atomic mass is 28.3. The molecule has 1 rings (SSSR count). The Morgan fingerprint density at radius 1 is 1.20 bits per heavy atom. The fraction of sp³-hybridized carbons (Fsp3) is 1.00. The Labute approximate surface area is 94.2 Å². The summed E-state index contributed by atoms with van der Waals surface area (Å²) in [5.74, 6) is 0.0260. The molecule has 0 N–H and O–H groups in total. The molecule has 1 aliphatic heterocycles. The van der Waals surface area contributed by atoms with E-state index in [0.717, 1.165) is 39.5 Å². The molecule has 90 valence electrons. The van der Waals surface area contributed by atoms with Gasteiger partial charge in [-0.1, -0.05) is 6.55 Å². The van der Waals surface area contributed by atoms with Crippen molar-refractivity contribution in [3.63, 3.8) is 0 Å². The third-order valence-electron chi connectivity index (χ3n) is 2.68. The molecule has 5 heteroatoms. The molecule has 0 spiro atoms. The zero-order valence-corrected chi connectivity index (χ0v) is 11.2. The minimum Gasteiger partial charge on any atom is -0.379 e. The molecule has 1 fully saturated rings. The molecule has 15 heavy (non-hydrogen) atoms. The van der Waals surface area contributed by atoms with E-state index in [4.69, 9.17) is 14.2 Å². The topological polar surface area (TPSA) is 30.9 Å². The zero-order chi connectivity index (χ0) is 11.1. The van der Waals surface area contributed by atoms with Gasteiger partial charge in [0.15, 0.2) is 14.9 Å². The SMILES string of the molecule is CCOC(OCC)[SiH](C)N1CCOCC1. The summed E-state index contributed by atoms with van der Waals surface area (Å²) in [5.41, 5.74) is 0. The molecule has 0 aromatic rings. The van der Waals surface area contributed by atoms with E-state index in [1.54, 1.807) is 0 Å². The van der Waals surface area contributed by atoms with Gasteiger partial charge in [0.1, 0.15) is 0 Å².